The highest BCUT2D eigenvalue weighted by atomic mass is 19.3. The van der Waals surface area contributed by atoms with Crippen molar-refractivity contribution in [2.75, 3.05) is 6.54 Å². The second kappa shape index (κ2) is 7.80. The maximum atomic E-state index is 13.5. The van der Waals surface area contributed by atoms with E-state index in [4.69, 9.17) is 5.26 Å². The number of alkyl halides is 2. The SMILES string of the molecule is N#C[C@@H]1CC(F)(F)CN1C(=O)CCC(=O)c1ccncc1-c1ccc(F)cc1. The number of carbonyl (C=O) groups excluding carboxylic acids is 2. The number of pyridine rings is 1. The van der Waals surface area contributed by atoms with Crippen LogP contribution in [0.15, 0.2) is 42.7 Å². The van der Waals surface area contributed by atoms with Crippen LogP contribution in [0, 0.1) is 17.1 Å². The van der Waals surface area contributed by atoms with E-state index in [2.05, 4.69) is 4.98 Å². The van der Waals surface area contributed by atoms with Gasteiger partial charge < -0.3 is 4.90 Å². The van der Waals surface area contributed by atoms with E-state index in [0.717, 1.165) is 4.90 Å². The predicted molar refractivity (Wildman–Crippen MR) is 93.9 cm³/mol. The fourth-order valence-corrected chi connectivity index (χ4v) is 3.19. The number of Topliss-reactive ketones (excluding diaryl/α,β-unsaturated/α-hetero) is 1. The molecule has 28 heavy (non-hydrogen) atoms. The molecule has 0 spiro atoms. The number of likely N-dealkylation sites (tertiary alicyclic amines) is 1. The Balaban J connectivity index is 1.72. The van der Waals surface area contributed by atoms with Crippen molar-refractivity contribution in [1.29, 1.82) is 5.26 Å². The molecule has 0 radical (unpaired) electrons. The van der Waals surface area contributed by atoms with Crippen molar-refractivity contribution in [2.24, 2.45) is 0 Å². The maximum Gasteiger partial charge on any atom is 0.268 e. The van der Waals surface area contributed by atoms with Gasteiger partial charge in [0.05, 0.1) is 12.6 Å². The number of amides is 1. The third-order valence-electron chi connectivity index (χ3n) is 4.58. The van der Waals surface area contributed by atoms with Gasteiger partial charge in [-0.3, -0.25) is 14.6 Å². The number of hydrogen-bond donors (Lipinski definition) is 0. The maximum absolute atomic E-state index is 13.5. The molecule has 1 atom stereocenters. The third-order valence-corrected chi connectivity index (χ3v) is 4.58. The molecule has 1 aliphatic heterocycles. The number of benzene rings is 1. The van der Waals surface area contributed by atoms with Crippen LogP contribution in [0.3, 0.4) is 0 Å². The smallest absolute Gasteiger partial charge is 0.268 e. The molecule has 1 aromatic carbocycles. The van der Waals surface area contributed by atoms with Crippen molar-refractivity contribution in [3.05, 3.63) is 54.1 Å². The van der Waals surface area contributed by atoms with Gasteiger partial charge in [0.25, 0.3) is 5.92 Å². The first-order valence-corrected chi connectivity index (χ1v) is 8.61. The zero-order chi connectivity index (χ0) is 20.3. The van der Waals surface area contributed by atoms with E-state index >= 15 is 0 Å². The van der Waals surface area contributed by atoms with Gasteiger partial charge in [-0.1, -0.05) is 12.1 Å². The van der Waals surface area contributed by atoms with E-state index in [0.29, 0.717) is 16.7 Å². The number of halogens is 3. The summed E-state index contributed by atoms with van der Waals surface area (Å²) in [4.78, 5) is 29.7. The van der Waals surface area contributed by atoms with E-state index in [1.165, 1.54) is 42.7 Å². The lowest BCUT2D eigenvalue weighted by Gasteiger charge is -2.19. The first-order chi connectivity index (χ1) is 13.3. The van der Waals surface area contributed by atoms with Crippen molar-refractivity contribution in [1.82, 2.24) is 9.88 Å². The van der Waals surface area contributed by atoms with Crippen LogP contribution in [0.2, 0.25) is 0 Å². The molecular formula is C20H16F3N3O2. The van der Waals surface area contributed by atoms with Gasteiger partial charge in [-0.05, 0) is 23.8 Å². The van der Waals surface area contributed by atoms with Gasteiger partial charge in [-0.2, -0.15) is 5.26 Å². The topological polar surface area (TPSA) is 74.1 Å². The Hall–Kier alpha value is -3.21. The Bertz CT molecular complexity index is 938. The molecule has 1 amide bonds. The molecule has 2 heterocycles. The molecule has 144 valence electrons. The normalized spacial score (nSPS) is 17.9. The number of ketones is 1. The molecule has 5 nitrogen and oxygen atoms in total. The van der Waals surface area contributed by atoms with Crippen molar-refractivity contribution in [3.63, 3.8) is 0 Å². The molecule has 3 rings (SSSR count). The molecule has 8 heteroatoms. The van der Waals surface area contributed by atoms with Gasteiger partial charge in [0.1, 0.15) is 11.9 Å². The summed E-state index contributed by atoms with van der Waals surface area (Å²) >= 11 is 0. The Morgan fingerprint density at radius 2 is 1.93 bits per heavy atom. The Morgan fingerprint density at radius 3 is 2.61 bits per heavy atom. The number of aromatic nitrogens is 1. The van der Waals surface area contributed by atoms with Crippen LogP contribution in [0.4, 0.5) is 13.2 Å². The highest BCUT2D eigenvalue weighted by molar-refractivity contribution is 6.03. The lowest BCUT2D eigenvalue weighted by Crippen LogP contribution is -2.36. The number of nitriles is 1. The third kappa shape index (κ3) is 4.19. The summed E-state index contributed by atoms with van der Waals surface area (Å²) in [5.41, 5.74) is 1.38. The first-order valence-electron chi connectivity index (χ1n) is 8.61. The molecule has 0 N–H and O–H groups in total. The highest BCUT2D eigenvalue weighted by Gasteiger charge is 2.47. The fourth-order valence-electron chi connectivity index (χ4n) is 3.19. The van der Waals surface area contributed by atoms with Crippen LogP contribution in [0.5, 0.6) is 0 Å². The molecule has 0 saturated carbocycles. The average molecular weight is 387 g/mol. The Kier molecular flexibility index (Phi) is 5.45. The molecule has 1 saturated heterocycles. The summed E-state index contributed by atoms with van der Waals surface area (Å²) in [6.07, 6.45) is 1.72. The zero-order valence-corrected chi connectivity index (χ0v) is 14.7. The molecule has 2 aromatic rings. The molecule has 0 unspecified atom stereocenters. The predicted octanol–water partition coefficient (Wildman–Crippen LogP) is 3.61. The summed E-state index contributed by atoms with van der Waals surface area (Å²) in [7, 11) is 0. The van der Waals surface area contributed by atoms with Crippen LogP contribution >= 0.6 is 0 Å². The molecule has 1 aromatic heterocycles. The number of hydrogen-bond acceptors (Lipinski definition) is 4. The van der Waals surface area contributed by atoms with E-state index < -0.39 is 36.7 Å². The summed E-state index contributed by atoms with van der Waals surface area (Å²) in [6, 6.07) is 7.56. The highest BCUT2D eigenvalue weighted by Crippen LogP contribution is 2.32. The molecule has 1 fully saturated rings. The number of carbonyl (C=O) groups is 2. The van der Waals surface area contributed by atoms with Gasteiger partial charge in [-0.15, -0.1) is 0 Å². The van der Waals surface area contributed by atoms with Crippen LogP contribution in [-0.4, -0.2) is 40.1 Å². The largest absolute Gasteiger partial charge is 0.320 e. The zero-order valence-electron chi connectivity index (χ0n) is 14.7. The average Bonchev–Trinajstić information content (AvgIpc) is 3.01. The second-order valence-electron chi connectivity index (χ2n) is 6.58. The van der Waals surface area contributed by atoms with Crippen LogP contribution in [0.25, 0.3) is 11.1 Å². The number of nitrogens with zero attached hydrogens (tertiary/aromatic N) is 3. The minimum atomic E-state index is -3.10. The quantitative estimate of drug-likeness (QED) is 0.735. The van der Waals surface area contributed by atoms with E-state index in [1.807, 2.05) is 0 Å². The van der Waals surface area contributed by atoms with Crippen LogP contribution in [-0.2, 0) is 4.79 Å². The van der Waals surface area contributed by atoms with Crippen LogP contribution < -0.4 is 0 Å². The standard InChI is InChI=1S/C20H16F3N3O2/c21-14-3-1-13(2-4-14)17-11-25-8-7-16(17)18(27)5-6-19(28)26-12-20(22,23)9-15(26)10-24/h1-4,7-8,11,15H,5-6,9,12H2/t15-/m0/s1. The van der Waals surface area contributed by atoms with Gasteiger partial charge in [0.15, 0.2) is 5.78 Å². The lowest BCUT2D eigenvalue weighted by molar-refractivity contribution is -0.132. The molecule has 0 aliphatic carbocycles. The van der Waals surface area contributed by atoms with Gasteiger partial charge in [0, 0.05) is 42.8 Å². The summed E-state index contributed by atoms with van der Waals surface area (Å²) in [6.45, 7) is -0.811. The van der Waals surface area contributed by atoms with E-state index in [1.54, 1.807) is 6.07 Å². The van der Waals surface area contributed by atoms with Crippen molar-refractivity contribution >= 4 is 11.7 Å². The Morgan fingerprint density at radius 1 is 1.21 bits per heavy atom. The fraction of sp³-hybridized carbons (Fsp3) is 0.300. The lowest BCUT2D eigenvalue weighted by atomic mass is 9.97. The van der Waals surface area contributed by atoms with Crippen molar-refractivity contribution in [3.8, 4) is 17.2 Å². The van der Waals surface area contributed by atoms with Gasteiger partial charge >= 0.3 is 0 Å². The molecular weight excluding hydrogens is 371 g/mol. The van der Waals surface area contributed by atoms with E-state index in [9.17, 15) is 22.8 Å². The van der Waals surface area contributed by atoms with Crippen molar-refractivity contribution < 1.29 is 22.8 Å². The van der Waals surface area contributed by atoms with Gasteiger partial charge in [0.2, 0.25) is 5.91 Å². The van der Waals surface area contributed by atoms with Crippen molar-refractivity contribution in [2.45, 2.75) is 31.2 Å². The van der Waals surface area contributed by atoms with Crippen LogP contribution in [0.1, 0.15) is 29.6 Å². The number of rotatable bonds is 5. The first kappa shape index (κ1) is 19.5. The summed E-state index contributed by atoms with van der Waals surface area (Å²) < 4.78 is 40.1. The Labute approximate surface area is 159 Å². The second-order valence-corrected chi connectivity index (χ2v) is 6.58. The summed E-state index contributed by atoms with van der Waals surface area (Å²) in [5, 5.41) is 8.98. The molecule has 1 aliphatic rings. The summed E-state index contributed by atoms with van der Waals surface area (Å²) in [5.74, 6) is -4.54. The van der Waals surface area contributed by atoms with E-state index in [-0.39, 0.29) is 18.6 Å². The van der Waals surface area contributed by atoms with Gasteiger partial charge in [-0.25, -0.2) is 13.2 Å². The monoisotopic (exact) mass is 387 g/mol. The minimum Gasteiger partial charge on any atom is -0.320 e. The molecule has 0 bridgehead atoms. The minimum absolute atomic E-state index is 0.197.